The zero-order chi connectivity index (χ0) is 17.2. The molecule has 0 aliphatic carbocycles. The third-order valence-electron chi connectivity index (χ3n) is 3.54. The van der Waals surface area contributed by atoms with Crippen LogP contribution in [0.15, 0.2) is 48.5 Å². The second kappa shape index (κ2) is 9.73. The van der Waals surface area contributed by atoms with Gasteiger partial charge in [0.1, 0.15) is 5.75 Å². The molecule has 0 N–H and O–H groups in total. The minimum Gasteiger partial charge on any atom is -0.494 e. The third kappa shape index (κ3) is 5.39. The molecule has 0 aliphatic heterocycles. The van der Waals surface area contributed by atoms with Crippen LogP contribution in [0.4, 0.5) is 0 Å². The molecular formula is C20H24O4. The molecular weight excluding hydrogens is 304 g/mol. The summed E-state index contributed by atoms with van der Waals surface area (Å²) in [7, 11) is 1.38. The Hall–Kier alpha value is -2.33. The molecule has 24 heavy (non-hydrogen) atoms. The molecule has 128 valence electrons. The SMILES string of the molecule is CCCOCCCOc1ccc(-c2ccc(C(=O)OC)cc2)cc1. The van der Waals surface area contributed by atoms with Gasteiger partial charge >= 0.3 is 5.97 Å². The zero-order valence-electron chi connectivity index (χ0n) is 14.3. The van der Waals surface area contributed by atoms with E-state index < -0.39 is 0 Å². The maximum atomic E-state index is 11.4. The number of benzene rings is 2. The molecule has 0 bridgehead atoms. The Kier molecular flexibility index (Phi) is 7.30. The van der Waals surface area contributed by atoms with Crippen molar-refractivity contribution in [2.24, 2.45) is 0 Å². The van der Waals surface area contributed by atoms with Crippen LogP contribution in [-0.2, 0) is 9.47 Å². The van der Waals surface area contributed by atoms with E-state index in [1.165, 1.54) is 7.11 Å². The first-order valence-electron chi connectivity index (χ1n) is 8.24. The second-order valence-corrected chi connectivity index (χ2v) is 5.41. The molecule has 2 aromatic carbocycles. The van der Waals surface area contributed by atoms with Gasteiger partial charge in [-0.05, 0) is 41.8 Å². The Morgan fingerprint density at radius 1 is 0.875 bits per heavy atom. The average molecular weight is 328 g/mol. The molecule has 0 radical (unpaired) electrons. The van der Waals surface area contributed by atoms with E-state index in [-0.39, 0.29) is 5.97 Å². The Morgan fingerprint density at radius 3 is 2.08 bits per heavy atom. The van der Waals surface area contributed by atoms with Gasteiger partial charge in [0.2, 0.25) is 0 Å². The van der Waals surface area contributed by atoms with E-state index in [4.69, 9.17) is 14.2 Å². The van der Waals surface area contributed by atoms with Gasteiger partial charge in [-0.2, -0.15) is 0 Å². The summed E-state index contributed by atoms with van der Waals surface area (Å²) in [5, 5.41) is 0. The highest BCUT2D eigenvalue weighted by molar-refractivity contribution is 5.89. The molecule has 0 amide bonds. The van der Waals surface area contributed by atoms with Crippen molar-refractivity contribution in [1.29, 1.82) is 0 Å². The summed E-state index contributed by atoms with van der Waals surface area (Å²) in [6, 6.07) is 15.3. The van der Waals surface area contributed by atoms with E-state index in [2.05, 4.69) is 6.92 Å². The zero-order valence-corrected chi connectivity index (χ0v) is 14.3. The van der Waals surface area contributed by atoms with Gasteiger partial charge in [-0.1, -0.05) is 31.2 Å². The van der Waals surface area contributed by atoms with Crippen LogP contribution in [0, 0.1) is 0 Å². The van der Waals surface area contributed by atoms with Crippen LogP contribution in [0.5, 0.6) is 5.75 Å². The van der Waals surface area contributed by atoms with Gasteiger partial charge in [-0.3, -0.25) is 0 Å². The Bertz CT molecular complexity index is 617. The predicted octanol–water partition coefficient (Wildman–Crippen LogP) is 4.34. The molecule has 2 rings (SSSR count). The molecule has 0 aliphatic rings. The predicted molar refractivity (Wildman–Crippen MR) is 94.4 cm³/mol. The highest BCUT2D eigenvalue weighted by Crippen LogP contribution is 2.23. The van der Waals surface area contributed by atoms with Gasteiger partial charge in [0.15, 0.2) is 0 Å². The molecule has 0 unspecified atom stereocenters. The van der Waals surface area contributed by atoms with Crippen molar-refractivity contribution in [3.05, 3.63) is 54.1 Å². The number of carbonyl (C=O) groups excluding carboxylic acids is 1. The molecule has 4 heteroatoms. The van der Waals surface area contributed by atoms with Crippen LogP contribution in [0.25, 0.3) is 11.1 Å². The first kappa shape index (κ1) is 18.0. The van der Waals surface area contributed by atoms with Crippen LogP contribution in [-0.4, -0.2) is 32.9 Å². The van der Waals surface area contributed by atoms with Crippen molar-refractivity contribution in [1.82, 2.24) is 0 Å². The number of esters is 1. The number of ether oxygens (including phenoxy) is 3. The number of carbonyl (C=O) groups is 1. The monoisotopic (exact) mass is 328 g/mol. The summed E-state index contributed by atoms with van der Waals surface area (Å²) in [4.78, 5) is 11.4. The highest BCUT2D eigenvalue weighted by atomic mass is 16.5. The van der Waals surface area contributed by atoms with Gasteiger partial charge in [0, 0.05) is 19.6 Å². The van der Waals surface area contributed by atoms with Crippen molar-refractivity contribution >= 4 is 5.97 Å². The van der Waals surface area contributed by atoms with Crippen molar-refractivity contribution < 1.29 is 19.0 Å². The largest absolute Gasteiger partial charge is 0.494 e. The van der Waals surface area contributed by atoms with Crippen molar-refractivity contribution in [2.75, 3.05) is 26.9 Å². The maximum Gasteiger partial charge on any atom is 0.337 e. The highest BCUT2D eigenvalue weighted by Gasteiger charge is 2.05. The van der Waals surface area contributed by atoms with E-state index in [9.17, 15) is 4.79 Å². The summed E-state index contributed by atoms with van der Waals surface area (Å²) >= 11 is 0. The van der Waals surface area contributed by atoms with E-state index >= 15 is 0 Å². The number of hydrogen-bond donors (Lipinski definition) is 0. The summed E-state index contributed by atoms with van der Waals surface area (Å²) in [5.74, 6) is 0.522. The van der Waals surface area contributed by atoms with E-state index in [0.717, 1.165) is 42.9 Å². The van der Waals surface area contributed by atoms with Crippen LogP contribution >= 0.6 is 0 Å². The van der Waals surface area contributed by atoms with E-state index in [0.29, 0.717) is 12.2 Å². The van der Waals surface area contributed by atoms with Crippen molar-refractivity contribution in [2.45, 2.75) is 19.8 Å². The first-order valence-corrected chi connectivity index (χ1v) is 8.24. The van der Waals surface area contributed by atoms with Crippen LogP contribution in [0.3, 0.4) is 0 Å². The lowest BCUT2D eigenvalue weighted by Crippen LogP contribution is -2.03. The third-order valence-corrected chi connectivity index (χ3v) is 3.54. The lowest BCUT2D eigenvalue weighted by atomic mass is 10.0. The molecule has 0 fully saturated rings. The first-order chi connectivity index (χ1) is 11.7. The summed E-state index contributed by atoms with van der Waals surface area (Å²) in [6.07, 6.45) is 1.93. The average Bonchev–Trinajstić information content (AvgIpc) is 2.64. The van der Waals surface area contributed by atoms with Gasteiger partial charge in [0.05, 0.1) is 19.3 Å². The molecule has 0 heterocycles. The lowest BCUT2D eigenvalue weighted by Gasteiger charge is -2.08. The smallest absolute Gasteiger partial charge is 0.337 e. The quantitative estimate of drug-likeness (QED) is 0.507. The summed E-state index contributed by atoms with van der Waals surface area (Å²) < 4.78 is 15.8. The Balaban J connectivity index is 1.86. The van der Waals surface area contributed by atoms with Crippen LogP contribution in [0.1, 0.15) is 30.1 Å². The fourth-order valence-electron chi connectivity index (χ4n) is 2.26. The minimum atomic E-state index is -0.326. The Morgan fingerprint density at radius 2 is 1.50 bits per heavy atom. The maximum absolute atomic E-state index is 11.4. The van der Waals surface area contributed by atoms with Crippen molar-refractivity contribution in [3.63, 3.8) is 0 Å². The van der Waals surface area contributed by atoms with E-state index in [1.54, 1.807) is 12.1 Å². The number of rotatable bonds is 9. The standard InChI is InChI=1S/C20H24O4/c1-3-13-23-14-4-15-24-19-11-9-17(10-12-19)16-5-7-18(8-6-16)20(21)22-2/h5-12H,3-4,13-15H2,1-2H3. The second-order valence-electron chi connectivity index (χ2n) is 5.41. The lowest BCUT2D eigenvalue weighted by molar-refractivity contribution is 0.0600. The molecule has 4 nitrogen and oxygen atoms in total. The molecule has 2 aromatic rings. The van der Waals surface area contributed by atoms with Gasteiger partial charge < -0.3 is 14.2 Å². The van der Waals surface area contributed by atoms with Crippen molar-refractivity contribution in [3.8, 4) is 16.9 Å². The van der Waals surface area contributed by atoms with Crippen LogP contribution < -0.4 is 4.74 Å². The number of methoxy groups -OCH3 is 1. The molecule has 0 atom stereocenters. The summed E-state index contributed by atoms with van der Waals surface area (Å²) in [6.45, 7) is 4.29. The van der Waals surface area contributed by atoms with Gasteiger partial charge in [-0.25, -0.2) is 4.79 Å². The topological polar surface area (TPSA) is 44.8 Å². The molecule has 0 saturated carbocycles. The van der Waals surface area contributed by atoms with Gasteiger partial charge in [0.25, 0.3) is 0 Å². The fourth-order valence-corrected chi connectivity index (χ4v) is 2.26. The van der Waals surface area contributed by atoms with Gasteiger partial charge in [-0.15, -0.1) is 0 Å². The minimum absolute atomic E-state index is 0.326. The molecule has 0 aromatic heterocycles. The fraction of sp³-hybridized carbons (Fsp3) is 0.350. The molecule has 0 spiro atoms. The molecule has 0 saturated heterocycles. The summed E-state index contributed by atoms with van der Waals surface area (Å²) in [5.41, 5.74) is 2.67. The van der Waals surface area contributed by atoms with E-state index in [1.807, 2.05) is 36.4 Å². The Labute approximate surface area is 143 Å². The van der Waals surface area contributed by atoms with Crippen LogP contribution in [0.2, 0.25) is 0 Å². The normalized spacial score (nSPS) is 10.4. The number of hydrogen-bond acceptors (Lipinski definition) is 4.